The Labute approximate surface area is 84.6 Å². The summed E-state index contributed by atoms with van der Waals surface area (Å²) in [7, 11) is 1.53. The van der Waals surface area contributed by atoms with Crippen molar-refractivity contribution in [1.29, 1.82) is 0 Å². The molecule has 0 aliphatic heterocycles. The second kappa shape index (κ2) is 6.56. The number of carboxylic acid groups (broad SMARTS) is 1. The van der Waals surface area contributed by atoms with Crippen molar-refractivity contribution in [2.75, 3.05) is 7.05 Å². The minimum Gasteiger partial charge on any atom is -0.480 e. The van der Waals surface area contributed by atoms with E-state index in [4.69, 9.17) is 5.11 Å². The van der Waals surface area contributed by atoms with Gasteiger partial charge in [-0.3, -0.25) is 4.79 Å². The third kappa shape index (κ3) is 3.89. The van der Waals surface area contributed by atoms with Crippen molar-refractivity contribution in [3.8, 4) is 0 Å². The van der Waals surface area contributed by atoms with Gasteiger partial charge in [0.25, 0.3) is 0 Å². The molecule has 4 nitrogen and oxygen atoms in total. The summed E-state index contributed by atoms with van der Waals surface area (Å²) in [6.07, 6.45) is 3.62. The van der Waals surface area contributed by atoms with Crippen LogP contribution in [-0.2, 0) is 4.79 Å². The maximum absolute atomic E-state index is 10.7. The summed E-state index contributed by atoms with van der Waals surface area (Å²) in [4.78, 5) is 10.7. The standard InChI is InChI=1S/C10H19NO3/c1-4-5-6-7(2)9(12)8(11-3)10(13)14/h4-5,7-9,11-12H,6H2,1-3H3,(H,13,14)/b5-4-/t7-,8+,9-/m1/s1. The van der Waals surface area contributed by atoms with Crippen molar-refractivity contribution in [1.82, 2.24) is 5.32 Å². The first-order valence-corrected chi connectivity index (χ1v) is 4.73. The SMILES string of the molecule is C/C=C\C[C@@H](C)[C@@H](O)[C@H](NC)C(=O)O. The molecule has 0 spiro atoms. The Morgan fingerprint density at radius 2 is 2.14 bits per heavy atom. The van der Waals surface area contributed by atoms with E-state index in [1.54, 1.807) is 0 Å². The first-order chi connectivity index (χ1) is 6.54. The maximum Gasteiger partial charge on any atom is 0.323 e. The molecule has 4 heteroatoms. The zero-order valence-electron chi connectivity index (χ0n) is 8.90. The number of likely N-dealkylation sites (N-methyl/N-ethyl adjacent to an activating group) is 1. The lowest BCUT2D eigenvalue weighted by molar-refractivity contribution is -0.143. The van der Waals surface area contributed by atoms with Gasteiger partial charge in [-0.15, -0.1) is 0 Å². The second-order valence-corrected chi connectivity index (χ2v) is 3.38. The van der Waals surface area contributed by atoms with Gasteiger partial charge in [-0.05, 0) is 26.3 Å². The lowest BCUT2D eigenvalue weighted by atomic mass is 9.95. The monoisotopic (exact) mass is 201 g/mol. The number of rotatable bonds is 6. The van der Waals surface area contributed by atoms with Crippen LogP contribution in [0.2, 0.25) is 0 Å². The molecule has 0 saturated heterocycles. The quantitative estimate of drug-likeness (QED) is 0.551. The van der Waals surface area contributed by atoms with Crippen LogP contribution >= 0.6 is 0 Å². The lowest BCUT2D eigenvalue weighted by Gasteiger charge is -2.23. The summed E-state index contributed by atoms with van der Waals surface area (Å²) >= 11 is 0. The average molecular weight is 201 g/mol. The van der Waals surface area contributed by atoms with E-state index in [9.17, 15) is 9.90 Å². The fourth-order valence-corrected chi connectivity index (χ4v) is 1.26. The van der Waals surface area contributed by atoms with E-state index < -0.39 is 18.1 Å². The Morgan fingerprint density at radius 3 is 2.50 bits per heavy atom. The Morgan fingerprint density at radius 1 is 1.57 bits per heavy atom. The number of nitrogens with one attached hydrogen (secondary N) is 1. The smallest absolute Gasteiger partial charge is 0.323 e. The third-order valence-electron chi connectivity index (χ3n) is 2.25. The molecular weight excluding hydrogens is 182 g/mol. The van der Waals surface area contributed by atoms with Gasteiger partial charge in [-0.2, -0.15) is 0 Å². The van der Waals surface area contributed by atoms with Crippen molar-refractivity contribution in [3.63, 3.8) is 0 Å². The van der Waals surface area contributed by atoms with Gasteiger partial charge in [0.05, 0.1) is 6.10 Å². The van der Waals surface area contributed by atoms with E-state index in [1.807, 2.05) is 26.0 Å². The number of carboxylic acids is 1. The molecule has 0 bridgehead atoms. The number of aliphatic hydroxyl groups excluding tert-OH is 1. The van der Waals surface area contributed by atoms with Crippen LogP contribution in [0, 0.1) is 5.92 Å². The van der Waals surface area contributed by atoms with Crippen molar-refractivity contribution < 1.29 is 15.0 Å². The Kier molecular flexibility index (Phi) is 6.16. The van der Waals surface area contributed by atoms with Gasteiger partial charge in [-0.25, -0.2) is 0 Å². The molecule has 0 aromatic carbocycles. The topological polar surface area (TPSA) is 69.6 Å². The van der Waals surface area contributed by atoms with Gasteiger partial charge < -0.3 is 15.5 Å². The highest BCUT2D eigenvalue weighted by molar-refractivity contribution is 5.74. The molecule has 0 heterocycles. The van der Waals surface area contributed by atoms with Crippen LogP contribution in [0.4, 0.5) is 0 Å². The lowest BCUT2D eigenvalue weighted by Crippen LogP contribution is -2.47. The number of aliphatic carboxylic acids is 1. The molecule has 0 aromatic heterocycles. The molecule has 0 radical (unpaired) electrons. The minimum absolute atomic E-state index is 0.0697. The van der Waals surface area contributed by atoms with Crippen LogP contribution < -0.4 is 5.32 Å². The number of hydrogen-bond acceptors (Lipinski definition) is 3. The van der Waals surface area contributed by atoms with Crippen LogP contribution in [0.5, 0.6) is 0 Å². The van der Waals surface area contributed by atoms with Gasteiger partial charge >= 0.3 is 5.97 Å². The van der Waals surface area contributed by atoms with E-state index in [0.717, 1.165) is 0 Å². The number of allylic oxidation sites excluding steroid dienone is 2. The van der Waals surface area contributed by atoms with Crippen molar-refractivity contribution in [2.45, 2.75) is 32.4 Å². The van der Waals surface area contributed by atoms with Gasteiger partial charge in [0.15, 0.2) is 0 Å². The fourth-order valence-electron chi connectivity index (χ4n) is 1.26. The number of carbonyl (C=O) groups is 1. The molecule has 0 amide bonds. The summed E-state index contributed by atoms with van der Waals surface area (Å²) < 4.78 is 0. The maximum atomic E-state index is 10.7. The van der Waals surface area contributed by atoms with Crippen LogP contribution in [0.3, 0.4) is 0 Å². The molecule has 0 aromatic rings. The molecule has 0 aliphatic rings. The van der Waals surface area contributed by atoms with Crippen LogP contribution in [0.25, 0.3) is 0 Å². The molecule has 0 saturated carbocycles. The van der Waals surface area contributed by atoms with E-state index in [1.165, 1.54) is 7.05 Å². The van der Waals surface area contributed by atoms with Crippen LogP contribution in [0.1, 0.15) is 20.3 Å². The molecule has 0 fully saturated rings. The normalized spacial score (nSPS) is 18.0. The largest absolute Gasteiger partial charge is 0.480 e. The van der Waals surface area contributed by atoms with Gasteiger partial charge in [-0.1, -0.05) is 19.1 Å². The van der Waals surface area contributed by atoms with E-state index in [-0.39, 0.29) is 5.92 Å². The van der Waals surface area contributed by atoms with Gasteiger partial charge in [0.1, 0.15) is 6.04 Å². The van der Waals surface area contributed by atoms with E-state index >= 15 is 0 Å². The molecular formula is C10H19NO3. The highest BCUT2D eigenvalue weighted by atomic mass is 16.4. The summed E-state index contributed by atoms with van der Waals surface area (Å²) in [5.74, 6) is -1.09. The average Bonchev–Trinajstić information content (AvgIpc) is 2.14. The summed E-state index contributed by atoms with van der Waals surface area (Å²) in [6, 6.07) is -0.893. The van der Waals surface area contributed by atoms with Gasteiger partial charge in [0.2, 0.25) is 0 Å². The van der Waals surface area contributed by atoms with Crippen molar-refractivity contribution in [3.05, 3.63) is 12.2 Å². The Hall–Kier alpha value is -0.870. The first kappa shape index (κ1) is 13.1. The molecule has 0 unspecified atom stereocenters. The molecule has 3 N–H and O–H groups in total. The molecule has 0 aliphatic carbocycles. The Bertz CT molecular complexity index is 204. The minimum atomic E-state index is -1.02. The molecule has 14 heavy (non-hydrogen) atoms. The van der Waals surface area contributed by atoms with Gasteiger partial charge in [0, 0.05) is 0 Å². The zero-order chi connectivity index (χ0) is 11.1. The first-order valence-electron chi connectivity index (χ1n) is 4.73. The number of aliphatic hydroxyl groups is 1. The zero-order valence-corrected chi connectivity index (χ0v) is 8.90. The van der Waals surface area contributed by atoms with Crippen LogP contribution in [-0.4, -0.2) is 35.4 Å². The molecule has 82 valence electrons. The predicted molar refractivity (Wildman–Crippen MR) is 55.1 cm³/mol. The third-order valence-corrected chi connectivity index (χ3v) is 2.25. The van der Waals surface area contributed by atoms with Crippen molar-refractivity contribution in [2.24, 2.45) is 5.92 Å². The van der Waals surface area contributed by atoms with Crippen molar-refractivity contribution >= 4 is 5.97 Å². The highest BCUT2D eigenvalue weighted by Gasteiger charge is 2.28. The number of hydrogen-bond donors (Lipinski definition) is 3. The summed E-state index contributed by atoms with van der Waals surface area (Å²) in [5, 5.41) is 21.1. The van der Waals surface area contributed by atoms with E-state index in [0.29, 0.717) is 6.42 Å². The summed E-state index contributed by atoms with van der Waals surface area (Å²) in [6.45, 7) is 3.73. The molecule has 3 atom stereocenters. The second-order valence-electron chi connectivity index (χ2n) is 3.38. The highest BCUT2D eigenvalue weighted by Crippen LogP contribution is 2.12. The molecule has 0 rings (SSSR count). The fraction of sp³-hybridized carbons (Fsp3) is 0.700. The predicted octanol–water partition coefficient (Wildman–Crippen LogP) is 0.622. The summed E-state index contributed by atoms with van der Waals surface area (Å²) in [5.41, 5.74) is 0. The Balaban J connectivity index is 4.26. The van der Waals surface area contributed by atoms with E-state index in [2.05, 4.69) is 5.32 Å². The van der Waals surface area contributed by atoms with Crippen LogP contribution in [0.15, 0.2) is 12.2 Å².